The van der Waals surface area contributed by atoms with E-state index in [1.165, 1.54) is 31.2 Å². The van der Waals surface area contributed by atoms with Crippen LogP contribution in [0.5, 0.6) is 0 Å². The van der Waals surface area contributed by atoms with E-state index in [-0.39, 0.29) is 5.82 Å². The van der Waals surface area contributed by atoms with E-state index in [0.29, 0.717) is 12.1 Å². The van der Waals surface area contributed by atoms with Crippen molar-refractivity contribution in [1.82, 2.24) is 10.2 Å². The van der Waals surface area contributed by atoms with Crippen molar-refractivity contribution in [1.29, 1.82) is 0 Å². The molecule has 98 valence electrons. The fraction of sp³-hybridized carbons (Fsp3) is 0.600. The van der Waals surface area contributed by atoms with Crippen molar-refractivity contribution in [3.05, 3.63) is 35.6 Å². The topological polar surface area (TPSA) is 15.3 Å². The molecule has 0 amide bonds. The van der Waals surface area contributed by atoms with Crippen molar-refractivity contribution in [2.45, 2.75) is 44.3 Å². The lowest BCUT2D eigenvalue weighted by atomic mass is 9.87. The van der Waals surface area contributed by atoms with E-state index < -0.39 is 0 Å². The van der Waals surface area contributed by atoms with Crippen molar-refractivity contribution in [3.63, 3.8) is 0 Å². The summed E-state index contributed by atoms with van der Waals surface area (Å²) in [5, 5.41) is 3.64. The Labute approximate surface area is 108 Å². The van der Waals surface area contributed by atoms with Crippen LogP contribution >= 0.6 is 0 Å². The standard InChI is InChI=1S/C15H21FN2/c16-13-7-5-12(6-8-13)11-18-10-9-17-14-3-1-2-4-15(14)18/h5-8,14-15,17H,1-4,9-11H2/t14-,15+/m1/s1. The molecule has 2 fully saturated rings. The SMILES string of the molecule is Fc1ccc(CN2CCN[C@@H]3CCCC[C@@H]32)cc1. The van der Waals surface area contributed by atoms with Crippen LogP contribution in [0.25, 0.3) is 0 Å². The molecular weight excluding hydrogens is 227 g/mol. The Bertz CT molecular complexity index is 388. The Hall–Kier alpha value is -0.930. The van der Waals surface area contributed by atoms with Crippen LogP contribution in [0.1, 0.15) is 31.2 Å². The Balaban J connectivity index is 1.69. The minimum Gasteiger partial charge on any atom is -0.311 e. The number of fused-ring (bicyclic) bond motifs is 1. The third kappa shape index (κ3) is 2.57. The number of nitrogens with one attached hydrogen (secondary N) is 1. The van der Waals surface area contributed by atoms with E-state index in [2.05, 4.69) is 10.2 Å². The maximum absolute atomic E-state index is 12.9. The second-order valence-electron chi connectivity index (χ2n) is 5.51. The van der Waals surface area contributed by atoms with E-state index in [9.17, 15) is 4.39 Å². The molecule has 1 saturated heterocycles. The van der Waals surface area contributed by atoms with Crippen LogP contribution in [0.4, 0.5) is 4.39 Å². The average Bonchev–Trinajstić information content (AvgIpc) is 2.42. The van der Waals surface area contributed by atoms with E-state index in [1.54, 1.807) is 12.1 Å². The summed E-state index contributed by atoms with van der Waals surface area (Å²) in [6, 6.07) is 8.31. The second-order valence-corrected chi connectivity index (χ2v) is 5.51. The van der Waals surface area contributed by atoms with Gasteiger partial charge in [-0.2, -0.15) is 0 Å². The highest BCUT2D eigenvalue weighted by molar-refractivity contribution is 5.16. The molecule has 18 heavy (non-hydrogen) atoms. The van der Waals surface area contributed by atoms with Gasteiger partial charge in [-0.15, -0.1) is 0 Å². The molecule has 1 N–H and O–H groups in total. The zero-order chi connectivity index (χ0) is 12.4. The Morgan fingerprint density at radius 2 is 1.94 bits per heavy atom. The van der Waals surface area contributed by atoms with Crippen LogP contribution in [-0.2, 0) is 6.54 Å². The molecule has 1 aromatic carbocycles. The predicted octanol–water partition coefficient (Wildman–Crippen LogP) is 2.54. The first-order valence-electron chi connectivity index (χ1n) is 7.05. The van der Waals surface area contributed by atoms with Gasteiger partial charge in [-0.3, -0.25) is 4.90 Å². The lowest BCUT2D eigenvalue weighted by Gasteiger charge is -2.44. The number of hydrogen-bond acceptors (Lipinski definition) is 2. The summed E-state index contributed by atoms with van der Waals surface area (Å²) in [4.78, 5) is 2.58. The van der Waals surface area contributed by atoms with Gasteiger partial charge < -0.3 is 5.32 Å². The maximum Gasteiger partial charge on any atom is 0.123 e. The third-order valence-electron chi connectivity index (χ3n) is 4.30. The molecule has 1 saturated carbocycles. The smallest absolute Gasteiger partial charge is 0.123 e. The van der Waals surface area contributed by atoms with Gasteiger partial charge in [-0.25, -0.2) is 4.39 Å². The summed E-state index contributed by atoms with van der Waals surface area (Å²) >= 11 is 0. The molecule has 1 aliphatic heterocycles. The molecule has 2 nitrogen and oxygen atoms in total. The van der Waals surface area contributed by atoms with Crippen molar-refractivity contribution in [2.75, 3.05) is 13.1 Å². The molecule has 0 bridgehead atoms. The molecular formula is C15H21FN2. The van der Waals surface area contributed by atoms with Crippen LogP contribution in [0.3, 0.4) is 0 Å². The van der Waals surface area contributed by atoms with Gasteiger partial charge in [0.2, 0.25) is 0 Å². The molecule has 1 aliphatic carbocycles. The van der Waals surface area contributed by atoms with Crippen LogP contribution in [0.15, 0.2) is 24.3 Å². The normalized spacial score (nSPS) is 28.9. The maximum atomic E-state index is 12.9. The number of halogens is 1. The first-order chi connectivity index (χ1) is 8.83. The van der Waals surface area contributed by atoms with Gasteiger partial charge in [0, 0.05) is 31.7 Å². The lowest BCUT2D eigenvalue weighted by Crippen LogP contribution is -2.58. The van der Waals surface area contributed by atoms with E-state index in [0.717, 1.165) is 19.6 Å². The Kier molecular flexibility index (Phi) is 3.62. The zero-order valence-corrected chi connectivity index (χ0v) is 10.7. The summed E-state index contributed by atoms with van der Waals surface area (Å²) < 4.78 is 12.9. The summed E-state index contributed by atoms with van der Waals surface area (Å²) in [5.74, 6) is -0.144. The number of hydrogen-bond donors (Lipinski definition) is 1. The molecule has 3 heteroatoms. The summed E-state index contributed by atoms with van der Waals surface area (Å²) in [5.41, 5.74) is 1.22. The molecule has 2 aliphatic rings. The van der Waals surface area contributed by atoms with E-state index in [1.807, 2.05) is 12.1 Å². The molecule has 3 rings (SSSR count). The molecule has 2 atom stereocenters. The van der Waals surface area contributed by atoms with E-state index >= 15 is 0 Å². The predicted molar refractivity (Wildman–Crippen MR) is 70.9 cm³/mol. The van der Waals surface area contributed by atoms with Gasteiger partial charge in [0.05, 0.1) is 0 Å². The second kappa shape index (κ2) is 5.37. The van der Waals surface area contributed by atoms with Gasteiger partial charge in [-0.1, -0.05) is 25.0 Å². The molecule has 1 heterocycles. The van der Waals surface area contributed by atoms with Gasteiger partial charge in [0.1, 0.15) is 5.82 Å². The first-order valence-corrected chi connectivity index (χ1v) is 7.05. The van der Waals surface area contributed by atoms with Crippen LogP contribution < -0.4 is 5.32 Å². The van der Waals surface area contributed by atoms with Gasteiger partial charge in [0.15, 0.2) is 0 Å². The molecule has 0 unspecified atom stereocenters. The highest BCUT2D eigenvalue weighted by atomic mass is 19.1. The Morgan fingerprint density at radius 1 is 1.17 bits per heavy atom. The fourth-order valence-corrected chi connectivity index (χ4v) is 3.37. The minimum absolute atomic E-state index is 0.144. The van der Waals surface area contributed by atoms with Gasteiger partial charge in [-0.05, 0) is 30.5 Å². The van der Waals surface area contributed by atoms with Gasteiger partial charge in [0.25, 0.3) is 0 Å². The van der Waals surface area contributed by atoms with Crippen molar-refractivity contribution in [2.24, 2.45) is 0 Å². The number of benzene rings is 1. The monoisotopic (exact) mass is 248 g/mol. The lowest BCUT2D eigenvalue weighted by molar-refractivity contribution is 0.0815. The average molecular weight is 248 g/mol. The minimum atomic E-state index is -0.144. The third-order valence-corrected chi connectivity index (χ3v) is 4.30. The number of nitrogens with zero attached hydrogens (tertiary/aromatic N) is 1. The number of piperazine rings is 1. The Morgan fingerprint density at radius 3 is 2.78 bits per heavy atom. The molecule has 0 aromatic heterocycles. The van der Waals surface area contributed by atoms with E-state index in [4.69, 9.17) is 0 Å². The highest BCUT2D eigenvalue weighted by Crippen LogP contribution is 2.26. The van der Waals surface area contributed by atoms with Crippen LogP contribution in [-0.4, -0.2) is 30.1 Å². The molecule has 1 aromatic rings. The van der Waals surface area contributed by atoms with Gasteiger partial charge >= 0.3 is 0 Å². The van der Waals surface area contributed by atoms with Crippen LogP contribution in [0, 0.1) is 5.82 Å². The van der Waals surface area contributed by atoms with Crippen LogP contribution in [0.2, 0.25) is 0 Å². The zero-order valence-electron chi connectivity index (χ0n) is 10.7. The largest absolute Gasteiger partial charge is 0.311 e. The fourth-order valence-electron chi connectivity index (χ4n) is 3.37. The van der Waals surface area contributed by atoms with Crippen molar-refractivity contribution in [3.8, 4) is 0 Å². The summed E-state index contributed by atoms with van der Waals surface area (Å²) in [6.07, 6.45) is 5.32. The van der Waals surface area contributed by atoms with Crippen molar-refractivity contribution < 1.29 is 4.39 Å². The first kappa shape index (κ1) is 12.1. The quantitative estimate of drug-likeness (QED) is 0.865. The summed E-state index contributed by atoms with van der Waals surface area (Å²) in [6.45, 7) is 3.16. The molecule has 0 radical (unpaired) electrons. The van der Waals surface area contributed by atoms with Crippen molar-refractivity contribution >= 4 is 0 Å². The highest BCUT2D eigenvalue weighted by Gasteiger charge is 2.32. The molecule has 0 spiro atoms. The summed E-state index contributed by atoms with van der Waals surface area (Å²) in [7, 11) is 0. The number of rotatable bonds is 2.